The molecule has 0 aromatic carbocycles. The Balaban J connectivity index is 2.67. The van der Waals surface area contributed by atoms with E-state index in [2.05, 4.69) is 50.5 Å². The third-order valence-electron chi connectivity index (χ3n) is 4.98. The Hall–Kier alpha value is 0.480. The molecule has 0 radical (unpaired) electrons. The SMILES string of the molecule is CCCC(C)C(C)(C)C1CCC(C)CC1Br. The van der Waals surface area contributed by atoms with Crippen molar-refractivity contribution in [1.82, 2.24) is 0 Å². The van der Waals surface area contributed by atoms with Gasteiger partial charge in [0, 0.05) is 4.83 Å². The van der Waals surface area contributed by atoms with Gasteiger partial charge in [-0.3, -0.25) is 0 Å². The molecule has 0 nitrogen and oxygen atoms in total. The van der Waals surface area contributed by atoms with Crippen LogP contribution in [0.15, 0.2) is 0 Å². The molecule has 4 unspecified atom stereocenters. The van der Waals surface area contributed by atoms with Crippen LogP contribution in [0.5, 0.6) is 0 Å². The summed E-state index contributed by atoms with van der Waals surface area (Å²) in [5.41, 5.74) is 0.490. The van der Waals surface area contributed by atoms with Crippen LogP contribution in [0.4, 0.5) is 0 Å². The van der Waals surface area contributed by atoms with Crippen LogP contribution in [0.3, 0.4) is 0 Å². The zero-order valence-corrected chi connectivity index (χ0v) is 13.3. The van der Waals surface area contributed by atoms with E-state index < -0.39 is 0 Å². The van der Waals surface area contributed by atoms with Crippen molar-refractivity contribution in [2.24, 2.45) is 23.2 Å². The van der Waals surface area contributed by atoms with Crippen LogP contribution in [0, 0.1) is 23.2 Å². The van der Waals surface area contributed by atoms with E-state index in [0.717, 1.165) is 22.6 Å². The molecule has 0 aliphatic heterocycles. The molecule has 0 saturated heterocycles. The summed E-state index contributed by atoms with van der Waals surface area (Å²) in [5, 5.41) is 0. The van der Waals surface area contributed by atoms with Crippen LogP contribution in [-0.2, 0) is 0 Å². The van der Waals surface area contributed by atoms with Gasteiger partial charge in [0.15, 0.2) is 0 Å². The van der Waals surface area contributed by atoms with E-state index in [4.69, 9.17) is 0 Å². The number of hydrogen-bond donors (Lipinski definition) is 0. The lowest BCUT2D eigenvalue weighted by molar-refractivity contribution is 0.0820. The molecule has 0 aromatic heterocycles. The highest BCUT2D eigenvalue weighted by molar-refractivity contribution is 9.09. The predicted molar refractivity (Wildman–Crippen MR) is 77.1 cm³/mol. The number of rotatable bonds is 4. The summed E-state index contributed by atoms with van der Waals surface area (Å²) < 4.78 is 0. The second-order valence-corrected chi connectivity index (χ2v) is 7.73. The van der Waals surface area contributed by atoms with Crippen molar-refractivity contribution in [3.05, 3.63) is 0 Å². The highest BCUT2D eigenvalue weighted by Crippen LogP contribution is 2.48. The molecule has 1 aliphatic carbocycles. The molecule has 0 N–H and O–H groups in total. The molecule has 0 aromatic rings. The summed E-state index contributed by atoms with van der Waals surface area (Å²) in [5.74, 6) is 2.62. The van der Waals surface area contributed by atoms with E-state index >= 15 is 0 Å². The molecule has 1 heteroatoms. The lowest BCUT2D eigenvalue weighted by atomic mass is 9.63. The fraction of sp³-hybridized carbons (Fsp3) is 1.00. The summed E-state index contributed by atoms with van der Waals surface area (Å²) in [7, 11) is 0. The summed E-state index contributed by atoms with van der Waals surface area (Å²) in [6.07, 6.45) is 6.90. The van der Waals surface area contributed by atoms with Crippen LogP contribution in [-0.4, -0.2) is 4.83 Å². The minimum absolute atomic E-state index is 0.490. The van der Waals surface area contributed by atoms with E-state index in [1.54, 1.807) is 0 Å². The fourth-order valence-electron chi connectivity index (χ4n) is 3.32. The Labute approximate surface area is 111 Å². The van der Waals surface area contributed by atoms with Crippen LogP contribution in [0.2, 0.25) is 0 Å². The van der Waals surface area contributed by atoms with E-state index in [1.807, 2.05) is 0 Å². The zero-order chi connectivity index (χ0) is 12.3. The molecule has 4 atom stereocenters. The van der Waals surface area contributed by atoms with Crippen molar-refractivity contribution >= 4 is 15.9 Å². The first kappa shape index (κ1) is 14.5. The first-order valence-corrected chi connectivity index (χ1v) is 7.95. The van der Waals surface area contributed by atoms with Crippen molar-refractivity contribution in [3.8, 4) is 0 Å². The molecule has 0 spiro atoms. The molecule has 1 aliphatic rings. The van der Waals surface area contributed by atoms with Crippen molar-refractivity contribution < 1.29 is 0 Å². The molecular weight excluding hydrogens is 260 g/mol. The van der Waals surface area contributed by atoms with Gasteiger partial charge in [-0.05, 0) is 36.0 Å². The minimum atomic E-state index is 0.490. The summed E-state index contributed by atoms with van der Waals surface area (Å²) in [6.45, 7) is 12.1. The van der Waals surface area contributed by atoms with Crippen LogP contribution in [0.25, 0.3) is 0 Å². The molecule has 1 rings (SSSR count). The van der Waals surface area contributed by atoms with Gasteiger partial charge in [-0.25, -0.2) is 0 Å². The summed E-state index contributed by atoms with van der Waals surface area (Å²) in [6, 6.07) is 0. The standard InChI is InChI=1S/C15H29Br/c1-6-7-12(3)15(4,5)13-9-8-11(2)10-14(13)16/h11-14H,6-10H2,1-5H3. The van der Waals surface area contributed by atoms with E-state index in [1.165, 1.54) is 32.1 Å². The van der Waals surface area contributed by atoms with Crippen molar-refractivity contribution in [2.45, 2.75) is 71.5 Å². The van der Waals surface area contributed by atoms with Gasteiger partial charge in [0.05, 0.1) is 0 Å². The first-order valence-electron chi connectivity index (χ1n) is 7.03. The van der Waals surface area contributed by atoms with Crippen LogP contribution in [0.1, 0.15) is 66.7 Å². The van der Waals surface area contributed by atoms with Gasteiger partial charge in [-0.15, -0.1) is 0 Å². The van der Waals surface area contributed by atoms with Gasteiger partial charge >= 0.3 is 0 Å². The Morgan fingerprint density at radius 1 is 1.31 bits per heavy atom. The number of halogens is 1. The van der Waals surface area contributed by atoms with Crippen molar-refractivity contribution in [2.75, 3.05) is 0 Å². The van der Waals surface area contributed by atoms with Crippen LogP contribution >= 0.6 is 15.9 Å². The van der Waals surface area contributed by atoms with E-state index in [-0.39, 0.29) is 0 Å². The monoisotopic (exact) mass is 288 g/mol. The van der Waals surface area contributed by atoms with E-state index in [0.29, 0.717) is 5.41 Å². The molecule has 0 amide bonds. The Morgan fingerprint density at radius 3 is 2.44 bits per heavy atom. The third kappa shape index (κ3) is 3.24. The third-order valence-corrected chi connectivity index (χ3v) is 5.99. The first-order chi connectivity index (χ1) is 7.39. The maximum Gasteiger partial charge on any atom is 0.0181 e. The number of alkyl halides is 1. The topological polar surface area (TPSA) is 0 Å². The molecule has 96 valence electrons. The maximum atomic E-state index is 3.95. The van der Waals surface area contributed by atoms with Crippen molar-refractivity contribution in [1.29, 1.82) is 0 Å². The number of hydrogen-bond acceptors (Lipinski definition) is 0. The fourth-order valence-corrected chi connectivity index (χ4v) is 4.90. The average molecular weight is 289 g/mol. The smallest absolute Gasteiger partial charge is 0.0181 e. The second-order valence-electron chi connectivity index (χ2n) is 6.55. The molecule has 0 heterocycles. The zero-order valence-electron chi connectivity index (χ0n) is 11.7. The lowest BCUT2D eigenvalue weighted by Crippen LogP contribution is -2.39. The normalized spacial score (nSPS) is 33.8. The Morgan fingerprint density at radius 2 is 1.94 bits per heavy atom. The highest BCUT2D eigenvalue weighted by Gasteiger charge is 2.40. The second kappa shape index (κ2) is 5.89. The maximum absolute atomic E-state index is 3.95. The summed E-state index contributed by atoms with van der Waals surface area (Å²) in [4.78, 5) is 0.741. The van der Waals surface area contributed by atoms with Gasteiger partial charge in [-0.2, -0.15) is 0 Å². The van der Waals surface area contributed by atoms with Crippen LogP contribution < -0.4 is 0 Å². The van der Waals surface area contributed by atoms with Gasteiger partial charge < -0.3 is 0 Å². The van der Waals surface area contributed by atoms with Gasteiger partial charge in [0.2, 0.25) is 0 Å². The Bertz CT molecular complexity index is 209. The highest BCUT2D eigenvalue weighted by atomic mass is 79.9. The Kier molecular flexibility index (Phi) is 5.35. The lowest BCUT2D eigenvalue weighted by Gasteiger charge is -2.45. The summed E-state index contributed by atoms with van der Waals surface area (Å²) >= 11 is 3.95. The van der Waals surface area contributed by atoms with Crippen molar-refractivity contribution in [3.63, 3.8) is 0 Å². The molecule has 1 fully saturated rings. The van der Waals surface area contributed by atoms with Gasteiger partial charge in [0.1, 0.15) is 0 Å². The molecular formula is C15H29Br. The largest absolute Gasteiger partial charge is 0.0887 e. The average Bonchev–Trinajstić information content (AvgIpc) is 2.17. The minimum Gasteiger partial charge on any atom is -0.0887 e. The molecule has 1 saturated carbocycles. The van der Waals surface area contributed by atoms with Gasteiger partial charge in [0.25, 0.3) is 0 Å². The molecule has 16 heavy (non-hydrogen) atoms. The van der Waals surface area contributed by atoms with E-state index in [9.17, 15) is 0 Å². The quantitative estimate of drug-likeness (QED) is 0.587. The predicted octanol–water partition coefficient (Wildman–Crippen LogP) is 5.65. The molecule has 0 bridgehead atoms. The van der Waals surface area contributed by atoms with Gasteiger partial charge in [-0.1, -0.05) is 69.8 Å².